The number of aliphatic carboxylic acids is 1. The molecule has 3 N–H and O–H groups in total. The van der Waals surface area contributed by atoms with E-state index in [9.17, 15) is 4.79 Å². The van der Waals surface area contributed by atoms with E-state index < -0.39 is 11.4 Å². The fourth-order valence-corrected chi connectivity index (χ4v) is 1.90. The average molecular weight is 194 g/mol. The van der Waals surface area contributed by atoms with E-state index in [1.807, 2.05) is 0 Å². The molecule has 0 spiro atoms. The lowest BCUT2D eigenvalue weighted by Crippen LogP contribution is -2.30. The van der Waals surface area contributed by atoms with Crippen molar-refractivity contribution in [2.45, 2.75) is 32.1 Å². The summed E-state index contributed by atoms with van der Waals surface area (Å²) in [5, 5.41) is 8.94. The van der Waals surface area contributed by atoms with Crippen LogP contribution in [0.2, 0.25) is 0 Å². The van der Waals surface area contributed by atoms with E-state index in [0.29, 0.717) is 13.0 Å². The third kappa shape index (κ3) is 2.11. The van der Waals surface area contributed by atoms with Gasteiger partial charge in [-0.2, -0.15) is 0 Å². The molecule has 0 bridgehead atoms. The van der Waals surface area contributed by atoms with Crippen LogP contribution >= 0.6 is 12.4 Å². The van der Waals surface area contributed by atoms with Gasteiger partial charge in [0.15, 0.2) is 0 Å². The van der Waals surface area contributed by atoms with Crippen molar-refractivity contribution in [1.82, 2.24) is 0 Å². The number of rotatable bonds is 3. The first-order valence-electron chi connectivity index (χ1n) is 4.15. The standard InChI is InChI=1S/C8H15NO2.ClH/c9-6-5-8(7(10)11)3-1-2-4-8;/h1-6,9H2,(H,10,11);1H. The van der Waals surface area contributed by atoms with Gasteiger partial charge in [0.05, 0.1) is 5.41 Å². The van der Waals surface area contributed by atoms with E-state index in [1.54, 1.807) is 0 Å². The molecular weight excluding hydrogens is 178 g/mol. The summed E-state index contributed by atoms with van der Waals surface area (Å²) in [6.45, 7) is 0.492. The van der Waals surface area contributed by atoms with Gasteiger partial charge < -0.3 is 10.8 Å². The lowest BCUT2D eigenvalue weighted by molar-refractivity contribution is -0.148. The fraction of sp³-hybridized carbons (Fsp3) is 0.875. The molecule has 0 aromatic carbocycles. The molecular formula is C8H16ClNO2. The normalized spacial score (nSPS) is 20.1. The zero-order valence-corrected chi connectivity index (χ0v) is 7.90. The van der Waals surface area contributed by atoms with Crippen molar-refractivity contribution in [2.75, 3.05) is 6.54 Å². The van der Waals surface area contributed by atoms with E-state index >= 15 is 0 Å². The van der Waals surface area contributed by atoms with E-state index in [-0.39, 0.29) is 12.4 Å². The van der Waals surface area contributed by atoms with Crippen molar-refractivity contribution >= 4 is 18.4 Å². The molecule has 72 valence electrons. The summed E-state index contributed by atoms with van der Waals surface area (Å²) < 4.78 is 0. The highest BCUT2D eigenvalue weighted by atomic mass is 35.5. The Morgan fingerprint density at radius 2 is 1.92 bits per heavy atom. The molecule has 0 saturated heterocycles. The number of hydrogen-bond donors (Lipinski definition) is 2. The van der Waals surface area contributed by atoms with Gasteiger partial charge in [0.25, 0.3) is 0 Å². The molecule has 12 heavy (non-hydrogen) atoms. The van der Waals surface area contributed by atoms with Crippen LogP contribution in [0, 0.1) is 5.41 Å². The first-order valence-corrected chi connectivity index (χ1v) is 4.15. The van der Waals surface area contributed by atoms with Crippen molar-refractivity contribution in [3.63, 3.8) is 0 Å². The second-order valence-corrected chi connectivity index (χ2v) is 3.33. The molecule has 1 fully saturated rings. The summed E-state index contributed by atoms with van der Waals surface area (Å²) in [6.07, 6.45) is 4.38. The molecule has 3 nitrogen and oxygen atoms in total. The predicted molar refractivity (Wildman–Crippen MR) is 49.5 cm³/mol. The highest BCUT2D eigenvalue weighted by Crippen LogP contribution is 2.40. The van der Waals surface area contributed by atoms with E-state index in [2.05, 4.69) is 0 Å². The minimum Gasteiger partial charge on any atom is -0.481 e. The summed E-state index contributed by atoms with van der Waals surface area (Å²) in [5.74, 6) is -0.652. The third-order valence-corrected chi connectivity index (χ3v) is 2.64. The summed E-state index contributed by atoms with van der Waals surface area (Å²) in [5.41, 5.74) is 4.90. The zero-order chi connectivity index (χ0) is 8.32. The van der Waals surface area contributed by atoms with Crippen molar-refractivity contribution in [1.29, 1.82) is 0 Å². The Morgan fingerprint density at radius 1 is 1.42 bits per heavy atom. The molecule has 1 saturated carbocycles. The van der Waals surface area contributed by atoms with Crippen molar-refractivity contribution in [3.05, 3.63) is 0 Å². The molecule has 0 unspecified atom stereocenters. The predicted octanol–water partition coefficient (Wildman–Crippen LogP) is 1.40. The average Bonchev–Trinajstić information content (AvgIpc) is 2.38. The topological polar surface area (TPSA) is 63.3 Å². The van der Waals surface area contributed by atoms with E-state index in [4.69, 9.17) is 10.8 Å². The van der Waals surface area contributed by atoms with Crippen LogP contribution in [0.25, 0.3) is 0 Å². The van der Waals surface area contributed by atoms with Gasteiger partial charge in [-0.1, -0.05) is 12.8 Å². The van der Waals surface area contributed by atoms with Gasteiger partial charge in [-0.25, -0.2) is 0 Å². The number of carboxylic acids is 1. The number of carbonyl (C=O) groups is 1. The Labute approximate surface area is 78.7 Å². The Morgan fingerprint density at radius 3 is 2.25 bits per heavy atom. The van der Waals surface area contributed by atoms with Crippen LogP contribution in [-0.2, 0) is 4.79 Å². The Balaban J connectivity index is 0.00000121. The third-order valence-electron chi connectivity index (χ3n) is 2.64. The van der Waals surface area contributed by atoms with Gasteiger partial charge in [0.2, 0.25) is 0 Å². The SMILES string of the molecule is Cl.NCCC1(C(=O)O)CCCC1. The molecule has 0 heterocycles. The Hall–Kier alpha value is -0.280. The molecule has 0 radical (unpaired) electrons. The van der Waals surface area contributed by atoms with Crippen LogP contribution in [0.15, 0.2) is 0 Å². The lowest BCUT2D eigenvalue weighted by Gasteiger charge is -2.22. The second-order valence-electron chi connectivity index (χ2n) is 3.33. The van der Waals surface area contributed by atoms with E-state index in [0.717, 1.165) is 25.7 Å². The van der Waals surface area contributed by atoms with Gasteiger partial charge in [-0.15, -0.1) is 12.4 Å². The highest BCUT2D eigenvalue weighted by Gasteiger charge is 2.40. The first-order chi connectivity index (χ1) is 5.21. The summed E-state index contributed by atoms with van der Waals surface area (Å²) >= 11 is 0. The Kier molecular flexibility index (Phi) is 4.57. The van der Waals surface area contributed by atoms with Crippen molar-refractivity contribution < 1.29 is 9.90 Å². The Bertz CT molecular complexity index is 155. The van der Waals surface area contributed by atoms with Gasteiger partial charge in [-0.3, -0.25) is 4.79 Å². The molecule has 1 aliphatic rings. The molecule has 1 rings (SSSR count). The van der Waals surface area contributed by atoms with E-state index in [1.165, 1.54) is 0 Å². The maximum absolute atomic E-state index is 10.9. The number of carboxylic acid groups (broad SMARTS) is 1. The monoisotopic (exact) mass is 193 g/mol. The van der Waals surface area contributed by atoms with Crippen molar-refractivity contribution in [3.8, 4) is 0 Å². The number of hydrogen-bond acceptors (Lipinski definition) is 2. The number of halogens is 1. The minimum absolute atomic E-state index is 0. The van der Waals surface area contributed by atoms with Crippen LogP contribution in [0.1, 0.15) is 32.1 Å². The van der Waals surface area contributed by atoms with Gasteiger partial charge in [0, 0.05) is 0 Å². The smallest absolute Gasteiger partial charge is 0.309 e. The van der Waals surface area contributed by atoms with Crippen LogP contribution in [0.4, 0.5) is 0 Å². The van der Waals surface area contributed by atoms with Crippen LogP contribution in [0.3, 0.4) is 0 Å². The van der Waals surface area contributed by atoms with Crippen molar-refractivity contribution in [2.24, 2.45) is 11.1 Å². The van der Waals surface area contributed by atoms with Crippen LogP contribution in [-0.4, -0.2) is 17.6 Å². The number of nitrogens with two attached hydrogens (primary N) is 1. The van der Waals surface area contributed by atoms with Crippen LogP contribution < -0.4 is 5.73 Å². The quantitative estimate of drug-likeness (QED) is 0.712. The molecule has 4 heteroatoms. The zero-order valence-electron chi connectivity index (χ0n) is 7.08. The second kappa shape index (κ2) is 4.67. The molecule has 0 aromatic rings. The summed E-state index contributed by atoms with van der Waals surface area (Å²) in [7, 11) is 0. The fourth-order valence-electron chi connectivity index (χ4n) is 1.90. The molecule has 0 amide bonds. The first kappa shape index (κ1) is 11.7. The molecule has 0 aromatic heterocycles. The minimum atomic E-state index is -0.652. The summed E-state index contributed by atoms with van der Waals surface area (Å²) in [6, 6.07) is 0. The maximum Gasteiger partial charge on any atom is 0.309 e. The maximum atomic E-state index is 10.9. The lowest BCUT2D eigenvalue weighted by atomic mass is 9.83. The summed E-state index contributed by atoms with van der Waals surface area (Å²) in [4.78, 5) is 10.9. The molecule has 1 aliphatic carbocycles. The van der Waals surface area contributed by atoms with Crippen LogP contribution in [0.5, 0.6) is 0 Å². The van der Waals surface area contributed by atoms with Gasteiger partial charge in [-0.05, 0) is 25.8 Å². The highest BCUT2D eigenvalue weighted by molar-refractivity contribution is 5.85. The van der Waals surface area contributed by atoms with Gasteiger partial charge in [0.1, 0.15) is 0 Å². The largest absolute Gasteiger partial charge is 0.481 e. The molecule has 0 atom stereocenters. The van der Waals surface area contributed by atoms with Gasteiger partial charge >= 0.3 is 5.97 Å². The molecule has 0 aliphatic heterocycles.